The lowest BCUT2D eigenvalue weighted by Gasteiger charge is -2.06. The van der Waals surface area contributed by atoms with Crippen LogP contribution in [0.2, 0.25) is 0 Å². The summed E-state index contributed by atoms with van der Waals surface area (Å²) in [5.41, 5.74) is -0.0465. The van der Waals surface area contributed by atoms with Crippen molar-refractivity contribution in [2.24, 2.45) is 0 Å². The molecule has 2 rings (SSSR count). The van der Waals surface area contributed by atoms with Gasteiger partial charge in [-0.15, -0.1) is 5.10 Å². The van der Waals surface area contributed by atoms with Gasteiger partial charge in [0.1, 0.15) is 5.82 Å². The van der Waals surface area contributed by atoms with E-state index in [-0.39, 0.29) is 12.3 Å². The van der Waals surface area contributed by atoms with E-state index in [4.69, 9.17) is 0 Å². The maximum atomic E-state index is 11.4. The number of sulfonamides is 1. The molecule has 104 valence electrons. The smallest absolute Gasteiger partial charge is 0.364 e. The van der Waals surface area contributed by atoms with Crippen LogP contribution in [0.5, 0.6) is 0 Å². The van der Waals surface area contributed by atoms with Crippen LogP contribution in [0.3, 0.4) is 0 Å². The number of H-pyrrole nitrogens is 1. The summed E-state index contributed by atoms with van der Waals surface area (Å²) in [6.45, 7) is 2.27. The van der Waals surface area contributed by atoms with Gasteiger partial charge in [-0.25, -0.2) is 23.0 Å². The molecular formula is C9H14N6O3S. The molecule has 10 heteroatoms. The molecule has 0 aromatic carbocycles. The Bertz CT molecular complexity index is 719. The molecule has 0 radical (unpaired) electrons. The van der Waals surface area contributed by atoms with Gasteiger partial charge >= 0.3 is 5.69 Å². The molecule has 0 aliphatic carbocycles. The first kappa shape index (κ1) is 13.5. The largest absolute Gasteiger partial charge is 0.368 e. The summed E-state index contributed by atoms with van der Waals surface area (Å²) in [7, 11) is -3.27. The Labute approximate surface area is 109 Å². The van der Waals surface area contributed by atoms with Crippen LogP contribution in [0.4, 0.5) is 5.82 Å². The Balaban J connectivity index is 2.02. The zero-order chi connectivity index (χ0) is 13.9. The number of nitrogens with zero attached hydrogens (tertiary/aromatic N) is 3. The second-order valence-corrected chi connectivity index (χ2v) is 5.69. The standard InChI is InChI=1S/C9H14N6O3S/c1-2-11-19(17,18)6-5-10-7-3-4-8-12-13-9(16)15(8)14-7/h3-4,11H,2,5-6H2,1H3,(H,10,14)(H,13,16). The Kier molecular flexibility index (Phi) is 3.81. The van der Waals surface area contributed by atoms with Crippen molar-refractivity contribution in [2.45, 2.75) is 6.92 Å². The molecule has 0 bridgehead atoms. The summed E-state index contributed by atoms with van der Waals surface area (Å²) in [6, 6.07) is 3.22. The SMILES string of the molecule is CCNS(=O)(=O)CCNc1ccc2n[nH]c(=O)n2n1. The Morgan fingerprint density at radius 3 is 2.95 bits per heavy atom. The van der Waals surface area contributed by atoms with Gasteiger partial charge in [0, 0.05) is 13.1 Å². The predicted molar refractivity (Wildman–Crippen MR) is 69.6 cm³/mol. The van der Waals surface area contributed by atoms with Crippen molar-refractivity contribution in [2.75, 3.05) is 24.2 Å². The Hall–Kier alpha value is -1.94. The lowest BCUT2D eigenvalue weighted by molar-refractivity contribution is 0.584. The lowest BCUT2D eigenvalue weighted by atomic mass is 10.5. The van der Waals surface area contributed by atoms with Gasteiger partial charge < -0.3 is 5.32 Å². The quantitative estimate of drug-likeness (QED) is 0.611. The fourth-order valence-electron chi connectivity index (χ4n) is 1.50. The second-order valence-electron chi connectivity index (χ2n) is 3.76. The third kappa shape index (κ3) is 3.29. The van der Waals surface area contributed by atoms with E-state index < -0.39 is 15.7 Å². The maximum absolute atomic E-state index is 11.4. The molecule has 0 fully saturated rings. The lowest BCUT2D eigenvalue weighted by Crippen LogP contribution is -2.29. The highest BCUT2D eigenvalue weighted by atomic mass is 32.2. The number of nitrogens with one attached hydrogen (secondary N) is 3. The van der Waals surface area contributed by atoms with Gasteiger partial charge in [0.05, 0.1) is 5.75 Å². The second kappa shape index (κ2) is 5.36. The van der Waals surface area contributed by atoms with E-state index in [1.165, 1.54) is 0 Å². The van der Waals surface area contributed by atoms with Gasteiger partial charge in [-0.3, -0.25) is 0 Å². The molecule has 0 unspecified atom stereocenters. The summed E-state index contributed by atoms with van der Waals surface area (Å²) in [5.74, 6) is 0.337. The number of hydrogen-bond donors (Lipinski definition) is 3. The molecule has 2 aromatic heterocycles. The molecule has 9 nitrogen and oxygen atoms in total. The molecule has 0 saturated carbocycles. The van der Waals surface area contributed by atoms with Crippen molar-refractivity contribution in [1.82, 2.24) is 24.5 Å². The monoisotopic (exact) mass is 286 g/mol. The first-order valence-corrected chi connectivity index (χ1v) is 7.33. The number of aromatic nitrogens is 4. The molecule has 3 N–H and O–H groups in total. The van der Waals surface area contributed by atoms with E-state index in [2.05, 4.69) is 25.3 Å². The van der Waals surface area contributed by atoms with Gasteiger partial charge in [-0.05, 0) is 12.1 Å². The van der Waals surface area contributed by atoms with E-state index in [0.717, 1.165) is 4.52 Å². The number of rotatable bonds is 6. The number of anilines is 1. The highest BCUT2D eigenvalue weighted by Crippen LogP contribution is 2.02. The van der Waals surface area contributed by atoms with E-state index in [0.29, 0.717) is 18.0 Å². The van der Waals surface area contributed by atoms with Crippen LogP contribution in [-0.2, 0) is 10.0 Å². The van der Waals surface area contributed by atoms with Crippen LogP contribution in [0.1, 0.15) is 6.92 Å². The average molecular weight is 286 g/mol. The number of aromatic amines is 1. The fourth-order valence-corrected chi connectivity index (χ4v) is 2.46. The summed E-state index contributed by atoms with van der Waals surface area (Å²) in [4.78, 5) is 11.3. The third-order valence-corrected chi connectivity index (χ3v) is 3.78. The first-order chi connectivity index (χ1) is 9.02. The summed E-state index contributed by atoms with van der Waals surface area (Å²) >= 11 is 0. The van der Waals surface area contributed by atoms with Crippen molar-refractivity contribution in [3.8, 4) is 0 Å². The molecule has 19 heavy (non-hydrogen) atoms. The molecule has 0 aliphatic heterocycles. The third-order valence-electron chi connectivity index (χ3n) is 2.31. The topological polar surface area (TPSA) is 121 Å². The van der Waals surface area contributed by atoms with E-state index in [1.54, 1.807) is 19.1 Å². The first-order valence-electron chi connectivity index (χ1n) is 5.67. The van der Waals surface area contributed by atoms with Crippen LogP contribution >= 0.6 is 0 Å². The Morgan fingerprint density at radius 2 is 2.21 bits per heavy atom. The number of hydrogen-bond acceptors (Lipinski definition) is 6. The zero-order valence-corrected chi connectivity index (χ0v) is 11.1. The average Bonchev–Trinajstić information content (AvgIpc) is 2.71. The maximum Gasteiger partial charge on any atom is 0.364 e. The van der Waals surface area contributed by atoms with Crippen LogP contribution in [0, 0.1) is 0 Å². The van der Waals surface area contributed by atoms with E-state index in [1.807, 2.05) is 0 Å². The van der Waals surface area contributed by atoms with E-state index >= 15 is 0 Å². The molecule has 0 spiro atoms. The van der Waals surface area contributed by atoms with Crippen molar-refractivity contribution in [3.05, 3.63) is 22.6 Å². The summed E-state index contributed by atoms with van der Waals surface area (Å²) < 4.78 is 26.3. The highest BCUT2D eigenvalue weighted by molar-refractivity contribution is 7.89. The van der Waals surface area contributed by atoms with Crippen molar-refractivity contribution in [1.29, 1.82) is 0 Å². The van der Waals surface area contributed by atoms with Gasteiger partial charge in [-0.2, -0.15) is 9.61 Å². The normalized spacial score (nSPS) is 11.8. The molecule has 0 atom stereocenters. The van der Waals surface area contributed by atoms with Crippen molar-refractivity contribution >= 4 is 21.5 Å². The summed E-state index contributed by atoms with van der Waals surface area (Å²) in [6.07, 6.45) is 0. The van der Waals surface area contributed by atoms with Crippen LogP contribution in [0.15, 0.2) is 16.9 Å². The molecule has 2 heterocycles. The molecular weight excluding hydrogens is 272 g/mol. The Morgan fingerprint density at radius 1 is 1.42 bits per heavy atom. The molecule has 0 saturated heterocycles. The highest BCUT2D eigenvalue weighted by Gasteiger charge is 2.08. The van der Waals surface area contributed by atoms with Gasteiger partial charge in [0.2, 0.25) is 10.0 Å². The van der Waals surface area contributed by atoms with Gasteiger partial charge in [0.25, 0.3) is 0 Å². The van der Waals surface area contributed by atoms with Gasteiger partial charge in [-0.1, -0.05) is 6.92 Å². The zero-order valence-electron chi connectivity index (χ0n) is 10.3. The molecule has 0 amide bonds. The summed E-state index contributed by atoms with van der Waals surface area (Å²) in [5, 5.41) is 12.8. The predicted octanol–water partition coefficient (Wildman–Crippen LogP) is -1.23. The van der Waals surface area contributed by atoms with Gasteiger partial charge in [0.15, 0.2) is 5.65 Å². The minimum atomic E-state index is -3.27. The minimum Gasteiger partial charge on any atom is -0.368 e. The fraction of sp³-hybridized carbons (Fsp3) is 0.444. The van der Waals surface area contributed by atoms with E-state index in [9.17, 15) is 13.2 Å². The van der Waals surface area contributed by atoms with Crippen LogP contribution < -0.4 is 15.7 Å². The molecule has 0 aliphatic rings. The minimum absolute atomic E-state index is 0.0686. The van der Waals surface area contributed by atoms with Crippen LogP contribution in [0.25, 0.3) is 5.65 Å². The number of fused-ring (bicyclic) bond motifs is 1. The van der Waals surface area contributed by atoms with Crippen molar-refractivity contribution in [3.63, 3.8) is 0 Å². The molecule has 2 aromatic rings. The van der Waals surface area contributed by atoms with Crippen molar-refractivity contribution < 1.29 is 8.42 Å². The van der Waals surface area contributed by atoms with Crippen LogP contribution in [-0.4, -0.2) is 47.1 Å².